The van der Waals surface area contributed by atoms with Gasteiger partial charge in [0.25, 0.3) is 11.1 Å². The number of rotatable bonds is 3. The van der Waals surface area contributed by atoms with E-state index in [0.29, 0.717) is 11.4 Å². The highest BCUT2D eigenvalue weighted by atomic mass is 32.2. The summed E-state index contributed by atoms with van der Waals surface area (Å²) in [6.07, 6.45) is 4.90. The Morgan fingerprint density at radius 3 is 2.54 bits per heavy atom. The minimum absolute atomic E-state index is 0.0339. The van der Waals surface area contributed by atoms with Crippen LogP contribution in [0.3, 0.4) is 0 Å². The third-order valence-corrected chi connectivity index (χ3v) is 6.12. The van der Waals surface area contributed by atoms with Gasteiger partial charge in [0.1, 0.15) is 0 Å². The van der Waals surface area contributed by atoms with Crippen LogP contribution in [0.15, 0.2) is 23.1 Å². The topological polar surface area (TPSA) is 40.6 Å². The average Bonchev–Trinajstić information content (AvgIpc) is 2.82. The van der Waals surface area contributed by atoms with Crippen LogP contribution in [0, 0.1) is 6.92 Å². The molecule has 2 aliphatic rings. The number of nitrogens with zero attached hydrogens (tertiary/aromatic N) is 2. The number of thioether (sulfide) groups is 1. The van der Waals surface area contributed by atoms with Crippen LogP contribution in [0.5, 0.6) is 0 Å². The van der Waals surface area contributed by atoms with Crippen molar-refractivity contribution in [3.8, 4) is 0 Å². The van der Waals surface area contributed by atoms with Crippen molar-refractivity contribution in [1.82, 2.24) is 4.90 Å². The summed E-state index contributed by atoms with van der Waals surface area (Å²) in [7, 11) is 2.11. The molecular formula is C21H26N2O2S. The van der Waals surface area contributed by atoms with Crippen molar-refractivity contribution < 1.29 is 9.59 Å². The lowest BCUT2D eigenvalue weighted by atomic mass is 9.87. The summed E-state index contributed by atoms with van der Waals surface area (Å²) in [5, 5.41) is -0.170. The number of benzene rings is 1. The van der Waals surface area contributed by atoms with Crippen LogP contribution in [0.25, 0.3) is 11.6 Å². The third-order valence-electron chi connectivity index (χ3n) is 5.21. The van der Waals surface area contributed by atoms with Gasteiger partial charge in [-0.15, -0.1) is 0 Å². The summed E-state index contributed by atoms with van der Waals surface area (Å²) >= 11 is 1.04. The van der Waals surface area contributed by atoms with Crippen LogP contribution in [-0.2, 0) is 4.79 Å². The van der Waals surface area contributed by atoms with Crippen molar-refractivity contribution in [1.29, 1.82) is 0 Å². The van der Waals surface area contributed by atoms with Crippen molar-refractivity contribution in [2.24, 2.45) is 0 Å². The van der Waals surface area contributed by atoms with E-state index in [4.69, 9.17) is 0 Å². The van der Waals surface area contributed by atoms with E-state index in [0.717, 1.165) is 29.3 Å². The Balaban J connectivity index is 2.03. The van der Waals surface area contributed by atoms with E-state index in [9.17, 15) is 9.59 Å². The average molecular weight is 371 g/mol. The Morgan fingerprint density at radius 1 is 1.19 bits per heavy atom. The number of carbonyl (C=O) groups is 2. The van der Waals surface area contributed by atoms with Crippen LogP contribution in [0.4, 0.5) is 10.5 Å². The number of allylic oxidation sites excluding steroid dienone is 1. The van der Waals surface area contributed by atoms with Gasteiger partial charge >= 0.3 is 0 Å². The third kappa shape index (κ3) is 3.09. The predicted molar refractivity (Wildman–Crippen MR) is 110 cm³/mol. The zero-order valence-corrected chi connectivity index (χ0v) is 17.2. The Bertz CT molecular complexity index is 852. The summed E-state index contributed by atoms with van der Waals surface area (Å²) in [5.74, 6) is -0.176. The van der Waals surface area contributed by atoms with Crippen LogP contribution in [0.2, 0.25) is 0 Å². The molecule has 0 saturated carbocycles. The minimum atomic E-state index is -0.176. The maximum Gasteiger partial charge on any atom is 0.293 e. The van der Waals surface area contributed by atoms with E-state index in [2.05, 4.69) is 57.9 Å². The SMILES string of the molecule is CCCN1C(=O)S/C(=C\c2cc3c(cc2C)N(C)C(C)(C)C=C3C)C1=O. The predicted octanol–water partition coefficient (Wildman–Crippen LogP) is 5.07. The molecular weight excluding hydrogens is 344 g/mol. The van der Waals surface area contributed by atoms with Crippen molar-refractivity contribution in [2.75, 3.05) is 18.5 Å². The van der Waals surface area contributed by atoms with E-state index in [1.165, 1.54) is 21.7 Å². The molecule has 3 rings (SSSR count). The molecule has 0 radical (unpaired) electrons. The maximum atomic E-state index is 12.5. The molecule has 0 aromatic heterocycles. The molecule has 0 bridgehead atoms. The van der Waals surface area contributed by atoms with Gasteiger partial charge in [-0.1, -0.05) is 13.0 Å². The lowest BCUT2D eigenvalue weighted by Crippen LogP contribution is -2.42. The first-order chi connectivity index (χ1) is 12.2. The van der Waals surface area contributed by atoms with Gasteiger partial charge in [-0.2, -0.15) is 0 Å². The quantitative estimate of drug-likeness (QED) is 0.696. The Labute approximate surface area is 159 Å². The minimum Gasteiger partial charge on any atom is -0.365 e. The lowest BCUT2D eigenvalue weighted by molar-refractivity contribution is -0.122. The molecule has 0 N–H and O–H groups in total. The number of fused-ring (bicyclic) bond motifs is 1. The molecule has 0 atom stereocenters. The first-order valence-corrected chi connectivity index (χ1v) is 9.81. The van der Waals surface area contributed by atoms with E-state index in [1.807, 2.05) is 13.0 Å². The van der Waals surface area contributed by atoms with Gasteiger partial charge in [0.2, 0.25) is 0 Å². The molecule has 2 heterocycles. The monoisotopic (exact) mass is 370 g/mol. The number of hydrogen-bond donors (Lipinski definition) is 0. The number of imide groups is 1. The van der Waals surface area contributed by atoms with Crippen LogP contribution in [-0.4, -0.2) is 35.2 Å². The molecule has 2 amide bonds. The highest BCUT2D eigenvalue weighted by Crippen LogP contribution is 2.40. The first kappa shape index (κ1) is 18.8. The molecule has 5 heteroatoms. The molecule has 1 saturated heterocycles. The fourth-order valence-electron chi connectivity index (χ4n) is 3.53. The molecule has 1 aromatic carbocycles. The van der Waals surface area contributed by atoms with E-state index in [1.54, 1.807) is 0 Å². The van der Waals surface area contributed by atoms with Crippen molar-refractivity contribution in [3.05, 3.63) is 39.8 Å². The lowest BCUT2D eigenvalue weighted by Gasteiger charge is -2.41. The van der Waals surface area contributed by atoms with Gasteiger partial charge in [-0.3, -0.25) is 14.5 Å². The fraction of sp³-hybridized carbons (Fsp3) is 0.429. The molecule has 1 fully saturated rings. The first-order valence-electron chi connectivity index (χ1n) is 8.99. The fourth-order valence-corrected chi connectivity index (χ4v) is 4.39. The van der Waals surface area contributed by atoms with Crippen molar-refractivity contribution in [3.63, 3.8) is 0 Å². The smallest absolute Gasteiger partial charge is 0.293 e. The Hall–Kier alpha value is -2.01. The van der Waals surface area contributed by atoms with Gasteiger partial charge in [-0.25, -0.2) is 0 Å². The van der Waals surface area contributed by atoms with E-state index >= 15 is 0 Å². The van der Waals surface area contributed by atoms with Gasteiger partial charge in [0, 0.05) is 24.8 Å². The highest BCUT2D eigenvalue weighted by molar-refractivity contribution is 8.18. The molecule has 26 heavy (non-hydrogen) atoms. The van der Waals surface area contributed by atoms with Gasteiger partial charge in [-0.05, 0) is 80.8 Å². The highest BCUT2D eigenvalue weighted by Gasteiger charge is 2.34. The number of anilines is 1. The summed E-state index contributed by atoms with van der Waals surface area (Å²) in [6, 6.07) is 4.31. The molecule has 0 unspecified atom stereocenters. The number of amides is 2. The Kier molecular flexibility index (Phi) is 4.78. The summed E-state index contributed by atoms with van der Waals surface area (Å²) in [6.45, 7) is 11.0. The number of carbonyl (C=O) groups excluding carboxylic acids is 2. The molecule has 2 aliphatic heterocycles. The second-order valence-electron chi connectivity index (χ2n) is 7.60. The standard InChI is InChI=1S/C21H26N2O2S/c1-7-8-23-19(24)18(26-20(23)25)11-15-10-16-14(3)12-21(4,5)22(6)17(16)9-13(15)2/h9-12H,7-8H2,1-6H3/b18-11-. The molecule has 1 aromatic rings. The second kappa shape index (κ2) is 6.62. The molecule has 138 valence electrons. The zero-order chi connectivity index (χ0) is 19.2. The molecule has 0 spiro atoms. The summed E-state index contributed by atoms with van der Waals surface area (Å²) in [5.41, 5.74) is 5.67. The zero-order valence-electron chi connectivity index (χ0n) is 16.3. The van der Waals surface area contributed by atoms with Crippen LogP contribution >= 0.6 is 11.8 Å². The van der Waals surface area contributed by atoms with Crippen molar-refractivity contribution in [2.45, 2.75) is 46.6 Å². The summed E-state index contributed by atoms with van der Waals surface area (Å²) in [4.78, 5) is 28.7. The Morgan fingerprint density at radius 2 is 1.88 bits per heavy atom. The summed E-state index contributed by atoms with van der Waals surface area (Å²) < 4.78 is 0. The second-order valence-corrected chi connectivity index (χ2v) is 8.59. The van der Waals surface area contributed by atoms with E-state index < -0.39 is 0 Å². The van der Waals surface area contributed by atoms with Gasteiger partial charge in [0.15, 0.2) is 0 Å². The normalized spacial score (nSPS) is 20.7. The number of aryl methyl sites for hydroxylation is 1. The van der Waals surface area contributed by atoms with Gasteiger partial charge < -0.3 is 4.90 Å². The van der Waals surface area contributed by atoms with E-state index in [-0.39, 0.29) is 16.7 Å². The molecule has 4 nitrogen and oxygen atoms in total. The van der Waals surface area contributed by atoms with Gasteiger partial charge in [0.05, 0.1) is 10.4 Å². The largest absolute Gasteiger partial charge is 0.365 e. The molecule has 0 aliphatic carbocycles. The number of hydrogen-bond acceptors (Lipinski definition) is 4. The van der Waals surface area contributed by atoms with Crippen LogP contribution in [0.1, 0.15) is 50.8 Å². The maximum absolute atomic E-state index is 12.5. The van der Waals surface area contributed by atoms with Crippen LogP contribution < -0.4 is 4.90 Å². The van der Waals surface area contributed by atoms with Crippen molar-refractivity contribution >= 4 is 40.2 Å². The number of likely N-dealkylation sites (N-methyl/N-ethyl adjacent to an activating group) is 1.